The largest absolute Gasteiger partial charge is 0.291 e. The second kappa shape index (κ2) is 6.29. The van der Waals surface area contributed by atoms with E-state index < -0.39 is 21.2 Å². The maximum atomic E-state index is 13.2. The quantitative estimate of drug-likeness (QED) is 0.673. The van der Waals surface area contributed by atoms with Crippen LogP contribution < -0.4 is 5.06 Å². The van der Waals surface area contributed by atoms with Crippen molar-refractivity contribution in [2.75, 3.05) is 5.06 Å². The van der Waals surface area contributed by atoms with E-state index in [4.69, 9.17) is 0 Å². The fraction of sp³-hybridized carbons (Fsp3) is 0.136. The fourth-order valence-corrected chi connectivity index (χ4v) is 4.79. The van der Waals surface area contributed by atoms with E-state index >= 15 is 0 Å². The SMILES string of the molecule is Cc1ccc(S(=O)(=O)c2ccc3c(c2)C(=O)C(C)(c2ccccc2)N3[O])cc1. The zero-order valence-electron chi connectivity index (χ0n) is 15.4. The number of anilines is 1. The summed E-state index contributed by atoms with van der Waals surface area (Å²) in [5.74, 6) is -0.412. The summed E-state index contributed by atoms with van der Waals surface area (Å²) in [4.78, 5) is 13.3. The third-order valence-electron chi connectivity index (χ3n) is 5.26. The molecule has 28 heavy (non-hydrogen) atoms. The number of rotatable bonds is 3. The Morgan fingerprint density at radius 1 is 0.857 bits per heavy atom. The van der Waals surface area contributed by atoms with Crippen molar-refractivity contribution in [1.82, 2.24) is 0 Å². The number of benzene rings is 3. The zero-order chi connectivity index (χ0) is 20.1. The summed E-state index contributed by atoms with van der Waals surface area (Å²) in [6, 6.07) is 19.4. The molecule has 5 nitrogen and oxygen atoms in total. The van der Waals surface area contributed by atoms with Crippen LogP contribution in [0, 0.1) is 6.92 Å². The van der Waals surface area contributed by atoms with Crippen LogP contribution in [0.4, 0.5) is 5.69 Å². The standard InChI is InChI=1S/C22H18NO4S/c1-15-8-10-17(11-9-15)28(26,27)18-12-13-20-19(14-18)21(24)22(2,23(20)25)16-6-4-3-5-7-16/h3-14H,1-2H3. The first-order valence-electron chi connectivity index (χ1n) is 8.80. The number of nitrogens with zero attached hydrogens (tertiary/aromatic N) is 1. The highest BCUT2D eigenvalue weighted by Gasteiger charge is 2.50. The van der Waals surface area contributed by atoms with Crippen molar-refractivity contribution in [3.8, 4) is 0 Å². The minimum absolute atomic E-state index is 0.00540. The Kier molecular flexibility index (Phi) is 4.14. The molecule has 1 radical (unpaired) electrons. The normalized spacial score (nSPS) is 19.0. The van der Waals surface area contributed by atoms with Gasteiger partial charge in [0.2, 0.25) is 9.84 Å². The predicted molar refractivity (Wildman–Crippen MR) is 104 cm³/mol. The predicted octanol–water partition coefficient (Wildman–Crippen LogP) is 4.09. The average Bonchev–Trinajstić information content (AvgIpc) is 2.91. The molecule has 3 aromatic carbocycles. The number of hydroxylamine groups is 1. The lowest BCUT2D eigenvalue weighted by Gasteiger charge is -2.28. The van der Waals surface area contributed by atoms with Gasteiger partial charge in [0, 0.05) is 5.56 Å². The van der Waals surface area contributed by atoms with Crippen molar-refractivity contribution < 1.29 is 18.4 Å². The highest BCUT2D eigenvalue weighted by atomic mass is 32.2. The maximum absolute atomic E-state index is 13.2. The second-order valence-electron chi connectivity index (χ2n) is 7.06. The molecule has 3 aromatic rings. The summed E-state index contributed by atoms with van der Waals surface area (Å²) in [6.07, 6.45) is 0. The van der Waals surface area contributed by atoms with E-state index in [2.05, 4.69) is 0 Å². The van der Waals surface area contributed by atoms with Gasteiger partial charge >= 0.3 is 0 Å². The molecule has 0 amide bonds. The van der Waals surface area contributed by atoms with Gasteiger partial charge in [-0.2, -0.15) is 0 Å². The number of sulfone groups is 1. The minimum atomic E-state index is -3.79. The molecule has 0 bridgehead atoms. The summed E-state index contributed by atoms with van der Waals surface area (Å²) in [5, 5.41) is 13.6. The molecule has 0 N–H and O–H groups in total. The molecule has 6 heteroatoms. The molecule has 0 spiro atoms. The molecule has 0 aromatic heterocycles. The van der Waals surface area contributed by atoms with Crippen LogP contribution in [0.5, 0.6) is 0 Å². The lowest BCUT2D eigenvalue weighted by molar-refractivity contribution is 0.0669. The molecule has 0 saturated carbocycles. The van der Waals surface area contributed by atoms with Crippen molar-refractivity contribution in [2.24, 2.45) is 0 Å². The van der Waals surface area contributed by atoms with Crippen LogP contribution in [0.2, 0.25) is 0 Å². The molecule has 1 heterocycles. The van der Waals surface area contributed by atoms with Gasteiger partial charge in [-0.1, -0.05) is 53.2 Å². The first-order chi connectivity index (χ1) is 13.3. The number of fused-ring (bicyclic) bond motifs is 1. The molecule has 4 rings (SSSR count). The Morgan fingerprint density at radius 2 is 1.46 bits per heavy atom. The number of ketones is 1. The lowest BCUT2D eigenvalue weighted by atomic mass is 9.87. The van der Waals surface area contributed by atoms with Crippen molar-refractivity contribution in [2.45, 2.75) is 29.2 Å². The van der Waals surface area contributed by atoms with E-state index in [1.165, 1.54) is 30.3 Å². The van der Waals surface area contributed by atoms with Crippen molar-refractivity contribution in [3.05, 3.63) is 89.5 Å². The van der Waals surface area contributed by atoms with E-state index in [1.807, 2.05) is 6.92 Å². The van der Waals surface area contributed by atoms with Gasteiger partial charge in [-0.05, 0) is 49.7 Å². The van der Waals surface area contributed by atoms with Gasteiger partial charge in [0.1, 0.15) is 0 Å². The second-order valence-corrected chi connectivity index (χ2v) is 9.01. The Balaban J connectivity index is 1.82. The van der Waals surface area contributed by atoms with E-state index in [0.717, 1.165) is 5.56 Å². The molecule has 0 aliphatic carbocycles. The molecule has 141 valence electrons. The van der Waals surface area contributed by atoms with E-state index in [9.17, 15) is 18.4 Å². The van der Waals surface area contributed by atoms with Crippen LogP contribution in [0.3, 0.4) is 0 Å². The maximum Gasteiger partial charge on any atom is 0.206 e. The lowest BCUT2D eigenvalue weighted by Crippen LogP contribution is -2.42. The number of carbonyl (C=O) groups excluding carboxylic acids is 1. The average molecular weight is 392 g/mol. The highest BCUT2D eigenvalue weighted by molar-refractivity contribution is 7.91. The smallest absolute Gasteiger partial charge is 0.206 e. The van der Waals surface area contributed by atoms with Crippen LogP contribution in [-0.4, -0.2) is 14.2 Å². The molecule has 0 saturated heterocycles. The van der Waals surface area contributed by atoms with Gasteiger partial charge < -0.3 is 0 Å². The van der Waals surface area contributed by atoms with Gasteiger partial charge in [0.15, 0.2) is 11.3 Å². The summed E-state index contributed by atoms with van der Waals surface area (Å²) in [6.45, 7) is 3.43. The number of carbonyl (C=O) groups is 1. The third-order valence-corrected chi connectivity index (χ3v) is 7.02. The molecule has 1 atom stereocenters. The monoisotopic (exact) mass is 392 g/mol. The van der Waals surface area contributed by atoms with Crippen molar-refractivity contribution in [1.29, 1.82) is 0 Å². The topological polar surface area (TPSA) is 74.3 Å². The summed E-state index contributed by atoms with van der Waals surface area (Å²) >= 11 is 0. The van der Waals surface area contributed by atoms with Crippen LogP contribution in [-0.2, 0) is 20.6 Å². The Labute approximate surface area is 163 Å². The molecular weight excluding hydrogens is 374 g/mol. The van der Waals surface area contributed by atoms with Crippen LogP contribution in [0.25, 0.3) is 0 Å². The van der Waals surface area contributed by atoms with Gasteiger partial charge in [-0.3, -0.25) is 4.79 Å². The van der Waals surface area contributed by atoms with Crippen molar-refractivity contribution >= 4 is 21.3 Å². The van der Waals surface area contributed by atoms with E-state index in [1.54, 1.807) is 49.4 Å². The molecular formula is C22H18NO4S. The Hall–Kier alpha value is -2.96. The van der Waals surface area contributed by atoms with E-state index in [-0.39, 0.29) is 21.0 Å². The minimum Gasteiger partial charge on any atom is -0.291 e. The number of hydrogen-bond donors (Lipinski definition) is 0. The van der Waals surface area contributed by atoms with Gasteiger partial charge in [0.25, 0.3) is 0 Å². The van der Waals surface area contributed by atoms with Gasteiger partial charge in [-0.25, -0.2) is 13.5 Å². The highest BCUT2D eigenvalue weighted by Crippen LogP contribution is 2.44. The van der Waals surface area contributed by atoms with Gasteiger partial charge in [0.05, 0.1) is 15.5 Å². The van der Waals surface area contributed by atoms with Crippen LogP contribution in [0.15, 0.2) is 82.6 Å². The third kappa shape index (κ3) is 2.57. The molecule has 1 aliphatic heterocycles. The first kappa shape index (κ1) is 18.4. The van der Waals surface area contributed by atoms with Gasteiger partial charge in [-0.15, -0.1) is 0 Å². The summed E-state index contributed by atoms with van der Waals surface area (Å²) in [5.41, 5.74) is 0.391. The van der Waals surface area contributed by atoms with Crippen LogP contribution in [0.1, 0.15) is 28.4 Å². The van der Waals surface area contributed by atoms with Crippen LogP contribution >= 0.6 is 0 Å². The van der Waals surface area contributed by atoms with Crippen molar-refractivity contribution in [3.63, 3.8) is 0 Å². The summed E-state index contributed by atoms with van der Waals surface area (Å²) in [7, 11) is -3.79. The number of aryl methyl sites for hydroxylation is 1. The molecule has 1 aliphatic rings. The Bertz CT molecular complexity index is 1170. The zero-order valence-corrected chi connectivity index (χ0v) is 16.2. The fourth-order valence-electron chi connectivity index (χ4n) is 3.50. The van der Waals surface area contributed by atoms with E-state index in [0.29, 0.717) is 10.6 Å². The molecule has 1 unspecified atom stereocenters. The number of hydrogen-bond acceptors (Lipinski definition) is 4. The molecule has 0 fully saturated rings. The summed E-state index contributed by atoms with van der Waals surface area (Å²) < 4.78 is 25.9. The first-order valence-corrected chi connectivity index (χ1v) is 10.3. The Morgan fingerprint density at radius 3 is 2.11 bits per heavy atom. The number of Topliss-reactive ketones (excluding diaryl/α,β-unsaturated/α-hetero) is 1.